The van der Waals surface area contributed by atoms with Crippen molar-refractivity contribution in [3.8, 4) is 11.5 Å². The van der Waals surface area contributed by atoms with Crippen LogP contribution in [0.1, 0.15) is 65.9 Å². The number of esters is 1. The van der Waals surface area contributed by atoms with Gasteiger partial charge in [-0.2, -0.15) is 0 Å². The minimum absolute atomic E-state index is 0.102. The second-order valence-corrected chi connectivity index (χ2v) is 8.94. The maximum absolute atomic E-state index is 11.5. The summed E-state index contributed by atoms with van der Waals surface area (Å²) in [7, 11) is 0. The van der Waals surface area contributed by atoms with Gasteiger partial charge < -0.3 is 9.84 Å². The zero-order chi connectivity index (χ0) is 19.1. The highest BCUT2D eigenvalue weighted by molar-refractivity contribution is 5.70. The van der Waals surface area contributed by atoms with Crippen molar-refractivity contribution >= 4 is 5.97 Å². The Morgan fingerprint density at radius 2 is 2.04 bits per heavy atom. The van der Waals surface area contributed by atoms with Crippen molar-refractivity contribution in [2.24, 2.45) is 22.7 Å². The molecule has 26 heavy (non-hydrogen) atoms. The number of allylic oxidation sites excluding steroid dienone is 2. The molecule has 142 valence electrons. The van der Waals surface area contributed by atoms with Gasteiger partial charge in [-0.15, -0.1) is 0 Å². The van der Waals surface area contributed by atoms with Crippen molar-refractivity contribution in [3.05, 3.63) is 35.4 Å². The molecule has 0 amide bonds. The molecule has 0 unspecified atom stereocenters. The molecule has 0 radical (unpaired) electrons. The monoisotopic (exact) mass is 356 g/mol. The van der Waals surface area contributed by atoms with E-state index < -0.39 is 0 Å². The Morgan fingerprint density at radius 1 is 1.31 bits per heavy atom. The summed E-state index contributed by atoms with van der Waals surface area (Å²) in [5.41, 5.74) is 2.82. The van der Waals surface area contributed by atoms with Gasteiger partial charge in [-0.1, -0.05) is 32.4 Å². The van der Waals surface area contributed by atoms with Gasteiger partial charge in [0.2, 0.25) is 0 Å². The summed E-state index contributed by atoms with van der Waals surface area (Å²) in [4.78, 5) is 11.5. The SMILES string of the molecule is CC(=O)Oc1ccc(O)cc1C[C@]1(C)[C@@H](C)CC[C@]2(C)C(C)=CCC[C@@H]12. The molecule has 0 bridgehead atoms. The van der Waals surface area contributed by atoms with Crippen molar-refractivity contribution in [3.63, 3.8) is 0 Å². The van der Waals surface area contributed by atoms with E-state index in [0.29, 0.717) is 17.6 Å². The summed E-state index contributed by atoms with van der Waals surface area (Å²) in [6.45, 7) is 10.9. The number of phenolic OH excluding ortho intramolecular Hbond substituents is 1. The van der Waals surface area contributed by atoms with E-state index in [9.17, 15) is 9.90 Å². The Balaban J connectivity index is 2.01. The van der Waals surface area contributed by atoms with Gasteiger partial charge in [-0.3, -0.25) is 4.79 Å². The van der Waals surface area contributed by atoms with Crippen LogP contribution < -0.4 is 4.74 Å². The van der Waals surface area contributed by atoms with E-state index >= 15 is 0 Å². The van der Waals surface area contributed by atoms with E-state index in [2.05, 4.69) is 33.8 Å². The third kappa shape index (κ3) is 3.17. The Labute approximate surface area is 157 Å². The fourth-order valence-corrected chi connectivity index (χ4v) is 5.58. The molecular formula is C23H32O3. The number of ether oxygens (including phenoxy) is 1. The number of aromatic hydroxyl groups is 1. The van der Waals surface area contributed by atoms with Crippen molar-refractivity contribution in [2.75, 3.05) is 0 Å². The van der Waals surface area contributed by atoms with Crippen LogP contribution in [0, 0.1) is 22.7 Å². The first-order valence-corrected chi connectivity index (χ1v) is 9.84. The maximum atomic E-state index is 11.5. The average molecular weight is 357 g/mol. The lowest BCUT2D eigenvalue weighted by molar-refractivity contribution is -0.132. The summed E-state index contributed by atoms with van der Waals surface area (Å²) in [5, 5.41) is 10.0. The molecule has 0 aromatic heterocycles. The first-order chi connectivity index (χ1) is 12.2. The van der Waals surface area contributed by atoms with Gasteiger partial charge in [0.25, 0.3) is 0 Å². The predicted molar refractivity (Wildman–Crippen MR) is 104 cm³/mol. The lowest BCUT2D eigenvalue weighted by atomic mass is 9.47. The molecule has 0 spiro atoms. The number of carbonyl (C=O) groups is 1. The van der Waals surface area contributed by atoms with Gasteiger partial charge in [0.05, 0.1) is 0 Å². The molecule has 1 N–H and O–H groups in total. The first-order valence-electron chi connectivity index (χ1n) is 9.84. The van der Waals surface area contributed by atoms with Crippen molar-refractivity contribution < 1.29 is 14.6 Å². The minimum Gasteiger partial charge on any atom is -0.508 e. The molecule has 2 aliphatic rings. The zero-order valence-electron chi connectivity index (χ0n) is 16.8. The van der Waals surface area contributed by atoms with Gasteiger partial charge >= 0.3 is 5.97 Å². The predicted octanol–water partition coefficient (Wildman–Crippen LogP) is 5.66. The van der Waals surface area contributed by atoms with Gasteiger partial charge in [0.15, 0.2) is 0 Å². The zero-order valence-corrected chi connectivity index (χ0v) is 16.8. The second-order valence-electron chi connectivity index (χ2n) is 8.94. The van der Waals surface area contributed by atoms with E-state index in [0.717, 1.165) is 18.4 Å². The fraction of sp³-hybridized carbons (Fsp3) is 0.609. The molecule has 3 heteroatoms. The number of benzene rings is 1. The molecule has 1 aromatic rings. The molecule has 1 saturated carbocycles. The quantitative estimate of drug-likeness (QED) is 0.432. The smallest absolute Gasteiger partial charge is 0.308 e. The summed E-state index contributed by atoms with van der Waals surface area (Å²) in [6.07, 6.45) is 8.04. The number of carbonyl (C=O) groups excluding carboxylic acids is 1. The summed E-state index contributed by atoms with van der Waals surface area (Å²) in [6, 6.07) is 5.08. The average Bonchev–Trinajstić information content (AvgIpc) is 2.56. The van der Waals surface area contributed by atoms with Crippen LogP contribution in [0.5, 0.6) is 11.5 Å². The second kappa shape index (κ2) is 6.75. The van der Waals surface area contributed by atoms with E-state index in [1.165, 1.54) is 31.8 Å². The van der Waals surface area contributed by atoms with Gasteiger partial charge in [0.1, 0.15) is 11.5 Å². The Hall–Kier alpha value is -1.77. The van der Waals surface area contributed by atoms with Gasteiger partial charge in [-0.25, -0.2) is 0 Å². The summed E-state index contributed by atoms with van der Waals surface area (Å²) >= 11 is 0. The lowest BCUT2D eigenvalue weighted by Crippen LogP contribution is -2.50. The van der Waals surface area contributed by atoms with Crippen LogP contribution in [-0.4, -0.2) is 11.1 Å². The molecule has 1 fully saturated rings. The standard InChI is InChI=1S/C23H32O3/c1-15-7-6-8-21-22(15,4)12-11-16(2)23(21,5)14-18-13-19(25)9-10-20(18)26-17(3)24/h7,9-10,13,16,21,25H,6,8,11-12,14H2,1-5H3/t16-,21+,22+,23+/m0/s1. The van der Waals surface area contributed by atoms with E-state index in [1.54, 1.807) is 18.2 Å². The van der Waals surface area contributed by atoms with Crippen LogP contribution >= 0.6 is 0 Å². The van der Waals surface area contributed by atoms with Crippen LogP contribution in [-0.2, 0) is 11.2 Å². The third-order valence-electron chi connectivity index (χ3n) is 7.46. The van der Waals surface area contributed by atoms with Crippen LogP contribution in [0.15, 0.2) is 29.8 Å². The van der Waals surface area contributed by atoms with Crippen molar-refractivity contribution in [2.45, 2.75) is 66.7 Å². The maximum Gasteiger partial charge on any atom is 0.308 e. The van der Waals surface area contributed by atoms with Crippen LogP contribution in [0.4, 0.5) is 0 Å². The normalized spacial score (nSPS) is 34.0. The van der Waals surface area contributed by atoms with Gasteiger partial charge in [-0.05, 0) is 85.5 Å². The Bertz CT molecular complexity index is 735. The third-order valence-corrected chi connectivity index (χ3v) is 7.46. The highest BCUT2D eigenvalue weighted by Gasteiger charge is 2.53. The topological polar surface area (TPSA) is 46.5 Å². The van der Waals surface area contributed by atoms with Crippen LogP contribution in [0.2, 0.25) is 0 Å². The highest BCUT2D eigenvalue weighted by Crippen LogP contribution is 2.61. The number of fused-ring (bicyclic) bond motifs is 1. The Morgan fingerprint density at radius 3 is 2.73 bits per heavy atom. The van der Waals surface area contributed by atoms with Crippen LogP contribution in [0.3, 0.4) is 0 Å². The van der Waals surface area contributed by atoms with E-state index in [-0.39, 0.29) is 22.5 Å². The number of rotatable bonds is 3. The number of hydrogen-bond donors (Lipinski definition) is 1. The first kappa shape index (κ1) is 19.0. The van der Waals surface area contributed by atoms with E-state index in [4.69, 9.17) is 4.74 Å². The fourth-order valence-electron chi connectivity index (χ4n) is 5.58. The van der Waals surface area contributed by atoms with Gasteiger partial charge in [0, 0.05) is 6.92 Å². The largest absolute Gasteiger partial charge is 0.508 e. The molecule has 3 nitrogen and oxygen atoms in total. The Kier molecular flexibility index (Phi) is 4.94. The van der Waals surface area contributed by atoms with Crippen molar-refractivity contribution in [1.29, 1.82) is 0 Å². The highest BCUT2D eigenvalue weighted by atomic mass is 16.5. The molecule has 3 rings (SSSR count). The lowest BCUT2D eigenvalue weighted by Gasteiger charge is -2.58. The number of hydrogen-bond acceptors (Lipinski definition) is 3. The van der Waals surface area contributed by atoms with E-state index in [1.807, 2.05) is 0 Å². The summed E-state index contributed by atoms with van der Waals surface area (Å²) in [5.74, 6) is 1.67. The molecule has 0 heterocycles. The molecule has 0 saturated heterocycles. The molecule has 2 aliphatic carbocycles. The number of phenols is 1. The van der Waals surface area contributed by atoms with Crippen molar-refractivity contribution in [1.82, 2.24) is 0 Å². The molecule has 1 aromatic carbocycles. The molecule has 0 aliphatic heterocycles. The molecule has 4 atom stereocenters. The molecular weight excluding hydrogens is 324 g/mol. The van der Waals surface area contributed by atoms with Crippen LogP contribution in [0.25, 0.3) is 0 Å². The minimum atomic E-state index is -0.319. The summed E-state index contributed by atoms with van der Waals surface area (Å²) < 4.78 is 5.44.